The van der Waals surface area contributed by atoms with Crippen LogP contribution in [-0.4, -0.2) is 60.8 Å². The Hall–Kier alpha value is -0.240. The van der Waals surface area contributed by atoms with Crippen LogP contribution in [0, 0.1) is 4.77 Å². The van der Waals surface area contributed by atoms with Crippen molar-refractivity contribution in [2.24, 2.45) is 0 Å². The van der Waals surface area contributed by atoms with Gasteiger partial charge in [-0.15, -0.1) is 0 Å². The van der Waals surface area contributed by atoms with E-state index < -0.39 is 5.97 Å². The molecule has 0 amide bonds. The zero-order valence-corrected chi connectivity index (χ0v) is 8.63. The van der Waals surface area contributed by atoms with Crippen LogP contribution in [0.15, 0.2) is 0 Å². The molecule has 0 saturated carbocycles. The number of nitrogens with zero attached hydrogens (tertiary/aromatic N) is 3. The van der Waals surface area contributed by atoms with Gasteiger partial charge >= 0.3 is 5.97 Å². The molecule has 55 valence electrons. The third-order valence-corrected chi connectivity index (χ3v) is 1.13. The van der Waals surface area contributed by atoms with Gasteiger partial charge in [-0.05, 0) is 12.2 Å². The molecular weight excluding hydrogens is 179 g/mol. The molecule has 2 N–H and O–H groups in total. The number of hydrogen-bond acceptors (Lipinski definition) is 4. The number of carboxylic acids is 1. The Morgan fingerprint density at radius 1 is 1.82 bits per heavy atom. The summed E-state index contributed by atoms with van der Waals surface area (Å²) in [5, 5.41) is 17.2. The first-order valence-corrected chi connectivity index (χ1v) is 2.80. The average Bonchev–Trinajstić information content (AvgIpc) is 2.15. The van der Waals surface area contributed by atoms with Crippen LogP contribution in [0.3, 0.4) is 0 Å². The molecule has 0 atom stereocenters. The second kappa shape index (κ2) is 4.60. The molecular formula is C3H4N4NaO2S. The Morgan fingerprint density at radius 2 is 2.45 bits per heavy atom. The molecule has 0 aliphatic carbocycles. The Kier molecular flexibility index (Phi) is 4.50. The maximum atomic E-state index is 10.1. The number of nitrogens with one attached hydrogen (secondary N) is 1. The van der Waals surface area contributed by atoms with Crippen LogP contribution in [0.5, 0.6) is 0 Å². The van der Waals surface area contributed by atoms with E-state index in [1.807, 2.05) is 0 Å². The van der Waals surface area contributed by atoms with Crippen LogP contribution in [0.2, 0.25) is 0 Å². The van der Waals surface area contributed by atoms with Crippen molar-refractivity contribution in [3.05, 3.63) is 4.77 Å². The number of tetrazole rings is 1. The molecule has 0 aromatic carbocycles. The summed E-state index contributed by atoms with van der Waals surface area (Å²) in [6.07, 6.45) is 0. The number of aromatic amines is 1. The Balaban J connectivity index is 0.000001000. The first-order valence-electron chi connectivity index (χ1n) is 2.40. The van der Waals surface area contributed by atoms with E-state index in [4.69, 9.17) is 5.11 Å². The van der Waals surface area contributed by atoms with E-state index in [1.54, 1.807) is 0 Å². The summed E-state index contributed by atoms with van der Waals surface area (Å²) in [6, 6.07) is 0. The molecule has 0 aliphatic heterocycles. The fraction of sp³-hybridized carbons (Fsp3) is 0.333. The summed E-state index contributed by atoms with van der Waals surface area (Å²) >= 11 is 4.60. The van der Waals surface area contributed by atoms with Crippen molar-refractivity contribution in [3.63, 3.8) is 0 Å². The van der Waals surface area contributed by atoms with Gasteiger partial charge in [0, 0.05) is 29.6 Å². The fourth-order valence-electron chi connectivity index (χ4n) is 0.454. The molecule has 6 nitrogen and oxygen atoms in total. The molecule has 8 heteroatoms. The summed E-state index contributed by atoms with van der Waals surface area (Å²) in [4.78, 5) is 10.1. The van der Waals surface area contributed by atoms with Crippen LogP contribution in [0.25, 0.3) is 0 Å². The van der Waals surface area contributed by atoms with Crippen molar-refractivity contribution in [1.82, 2.24) is 20.2 Å². The van der Waals surface area contributed by atoms with E-state index in [-0.39, 0.29) is 40.9 Å². The molecule has 1 rings (SSSR count). The minimum Gasteiger partial charge on any atom is -0.480 e. The third kappa shape index (κ3) is 3.10. The molecule has 0 saturated heterocycles. The quantitative estimate of drug-likeness (QED) is 0.455. The SMILES string of the molecule is O=C(O)Cn1[nH]nnc1=S.[Na]. The van der Waals surface area contributed by atoms with Crippen molar-refractivity contribution >= 4 is 47.7 Å². The first kappa shape index (κ1) is 10.8. The Bertz CT molecular complexity index is 294. The first-order chi connectivity index (χ1) is 4.70. The maximum absolute atomic E-state index is 10.1. The van der Waals surface area contributed by atoms with Gasteiger partial charge < -0.3 is 5.11 Å². The second-order valence-corrected chi connectivity index (χ2v) is 1.93. The zero-order chi connectivity index (χ0) is 7.56. The van der Waals surface area contributed by atoms with E-state index in [9.17, 15) is 4.79 Å². The minimum atomic E-state index is -0.984. The molecule has 1 radical (unpaired) electrons. The largest absolute Gasteiger partial charge is 0.480 e. The van der Waals surface area contributed by atoms with E-state index in [1.165, 1.54) is 0 Å². The number of hydrogen-bond donors (Lipinski definition) is 2. The predicted molar refractivity (Wildman–Crippen MR) is 38.6 cm³/mol. The van der Waals surface area contributed by atoms with E-state index in [2.05, 4.69) is 27.7 Å². The number of carboxylic acid groups (broad SMARTS) is 1. The normalized spacial score (nSPS) is 8.73. The molecule has 0 spiro atoms. The summed E-state index contributed by atoms with van der Waals surface area (Å²) in [7, 11) is 0. The van der Waals surface area contributed by atoms with Crippen molar-refractivity contribution in [2.45, 2.75) is 6.54 Å². The van der Waals surface area contributed by atoms with Gasteiger partial charge in [-0.3, -0.25) is 4.79 Å². The van der Waals surface area contributed by atoms with Gasteiger partial charge in [-0.25, -0.2) is 4.68 Å². The van der Waals surface area contributed by atoms with Crippen molar-refractivity contribution in [1.29, 1.82) is 0 Å². The summed E-state index contributed by atoms with van der Waals surface area (Å²) in [5.41, 5.74) is 0. The number of aromatic nitrogens is 4. The summed E-state index contributed by atoms with van der Waals surface area (Å²) < 4.78 is 1.29. The molecule has 1 aromatic rings. The number of aliphatic carboxylic acids is 1. The molecule has 1 heterocycles. The standard InChI is InChI=1S/C3H4N4O2S.Na/c8-2(9)1-7-3(10)4-5-6-7;/h1H2,(H,8,9)(H,4,6,10);. The van der Waals surface area contributed by atoms with Gasteiger partial charge in [0.2, 0.25) is 4.77 Å². The smallest absolute Gasteiger partial charge is 0.325 e. The molecule has 0 bridgehead atoms. The fourth-order valence-corrected chi connectivity index (χ4v) is 0.600. The van der Waals surface area contributed by atoms with Crippen molar-refractivity contribution in [2.75, 3.05) is 0 Å². The molecule has 1 aromatic heterocycles. The monoisotopic (exact) mass is 183 g/mol. The Labute approximate surface area is 88.9 Å². The van der Waals surface area contributed by atoms with Crippen molar-refractivity contribution in [3.8, 4) is 0 Å². The predicted octanol–water partition coefficient (Wildman–Crippen LogP) is -0.961. The second-order valence-electron chi connectivity index (χ2n) is 1.56. The van der Waals surface area contributed by atoms with E-state index in [0.29, 0.717) is 0 Å². The molecule has 11 heavy (non-hydrogen) atoms. The van der Waals surface area contributed by atoms with Crippen molar-refractivity contribution < 1.29 is 9.90 Å². The van der Waals surface area contributed by atoms with Gasteiger partial charge in [0.15, 0.2) is 0 Å². The van der Waals surface area contributed by atoms with Crippen LogP contribution < -0.4 is 0 Å². The minimum absolute atomic E-state index is 0. The van der Waals surface area contributed by atoms with Gasteiger partial charge in [0.25, 0.3) is 0 Å². The molecule has 0 aliphatic rings. The third-order valence-electron chi connectivity index (χ3n) is 0.825. The van der Waals surface area contributed by atoms with Crippen LogP contribution in [0.1, 0.15) is 0 Å². The maximum Gasteiger partial charge on any atom is 0.325 e. The van der Waals surface area contributed by atoms with Gasteiger partial charge in [-0.2, -0.15) is 5.21 Å². The molecule has 0 fully saturated rings. The van der Waals surface area contributed by atoms with E-state index in [0.717, 1.165) is 4.68 Å². The topological polar surface area (TPSA) is 83.8 Å². The summed E-state index contributed by atoms with van der Waals surface area (Å²) in [5.74, 6) is -0.984. The number of rotatable bonds is 2. The van der Waals surface area contributed by atoms with Crippen LogP contribution >= 0.6 is 12.2 Å². The van der Waals surface area contributed by atoms with E-state index >= 15 is 0 Å². The zero-order valence-electron chi connectivity index (χ0n) is 5.81. The number of H-pyrrole nitrogens is 1. The number of carbonyl (C=O) groups is 1. The van der Waals surface area contributed by atoms with Gasteiger partial charge in [0.1, 0.15) is 6.54 Å². The average molecular weight is 183 g/mol. The van der Waals surface area contributed by atoms with Gasteiger partial charge in [0.05, 0.1) is 0 Å². The van der Waals surface area contributed by atoms with Crippen LogP contribution in [-0.2, 0) is 11.3 Å². The van der Waals surface area contributed by atoms with Gasteiger partial charge in [-0.1, -0.05) is 10.3 Å². The molecule has 0 unspecified atom stereocenters. The Morgan fingerprint density at radius 3 is 2.82 bits per heavy atom. The summed E-state index contributed by atoms with van der Waals surface area (Å²) in [6.45, 7) is -0.230. The van der Waals surface area contributed by atoms with Crippen LogP contribution in [0.4, 0.5) is 0 Å².